The van der Waals surface area contributed by atoms with Crippen molar-refractivity contribution in [2.24, 2.45) is 23.7 Å². The highest BCUT2D eigenvalue weighted by Crippen LogP contribution is 2.65. The first-order valence-corrected chi connectivity index (χ1v) is 17.1. The molecule has 0 spiro atoms. The summed E-state index contributed by atoms with van der Waals surface area (Å²) in [5, 5.41) is 11.4. The number of methoxy groups -OCH3 is 2. The van der Waals surface area contributed by atoms with Gasteiger partial charge in [0, 0.05) is 23.7 Å². The molecule has 2 aliphatic heterocycles. The number of hydrogen-bond donors (Lipinski definition) is 2. The van der Waals surface area contributed by atoms with E-state index in [1.54, 1.807) is 31.2 Å². The van der Waals surface area contributed by atoms with Crippen LogP contribution in [-0.2, 0) is 30.8 Å². The van der Waals surface area contributed by atoms with Gasteiger partial charge in [0.25, 0.3) is 11.8 Å². The summed E-state index contributed by atoms with van der Waals surface area (Å²) in [6.45, 7) is 1.87. The molecule has 0 radical (unpaired) electrons. The zero-order valence-corrected chi connectivity index (χ0v) is 29.3. The molecule has 272 valence electrons. The number of fused-ring (bicyclic) bond motifs is 4. The van der Waals surface area contributed by atoms with Crippen LogP contribution in [0.1, 0.15) is 42.4 Å². The first-order chi connectivity index (χ1) is 24.7. The lowest BCUT2D eigenvalue weighted by molar-refractivity contribution is -0.141. The first-order valence-electron chi connectivity index (χ1n) is 16.3. The number of carbonyl (C=O) groups excluding carboxylic acids is 4. The number of nitrogens with zero attached hydrogens (tertiary/aromatic N) is 3. The van der Waals surface area contributed by atoms with Crippen LogP contribution in [0.4, 0.5) is 19.0 Å². The second-order valence-corrected chi connectivity index (χ2v) is 14.0. The second kappa shape index (κ2) is 12.7. The summed E-state index contributed by atoms with van der Waals surface area (Å²) in [4.78, 5) is 62.3. The van der Waals surface area contributed by atoms with Gasteiger partial charge in [0.05, 0.1) is 48.0 Å². The van der Waals surface area contributed by atoms with Crippen LogP contribution in [0, 0.1) is 23.7 Å². The monoisotopic (exact) mass is 758 g/mol. The van der Waals surface area contributed by atoms with Crippen LogP contribution in [0.25, 0.3) is 0 Å². The highest BCUT2D eigenvalue weighted by molar-refractivity contribution is 6.33. The van der Waals surface area contributed by atoms with Gasteiger partial charge in [0.15, 0.2) is 17.3 Å². The number of phenolic OH excluding ortho intramolecular Hbond substituents is 1. The minimum absolute atomic E-state index is 0.00494. The fourth-order valence-electron chi connectivity index (χ4n) is 8.62. The Hall–Kier alpha value is -4.82. The lowest BCUT2D eigenvalue weighted by Gasteiger charge is -2.50. The van der Waals surface area contributed by atoms with Crippen LogP contribution in [0.5, 0.6) is 17.2 Å². The topological polar surface area (TPSA) is 138 Å². The largest absolute Gasteiger partial charge is 0.502 e. The van der Waals surface area contributed by atoms with Crippen LogP contribution in [0.2, 0.25) is 10.0 Å². The predicted octanol–water partition coefficient (Wildman–Crippen LogP) is 6.13. The number of aromatic nitrogens is 1. The molecule has 0 bridgehead atoms. The van der Waals surface area contributed by atoms with Gasteiger partial charge in [0.2, 0.25) is 17.6 Å². The van der Waals surface area contributed by atoms with Gasteiger partial charge in [-0.3, -0.25) is 29.5 Å². The molecule has 1 aromatic heterocycles. The van der Waals surface area contributed by atoms with Crippen molar-refractivity contribution < 1.29 is 46.9 Å². The van der Waals surface area contributed by atoms with Crippen molar-refractivity contribution in [3.05, 3.63) is 87.0 Å². The van der Waals surface area contributed by atoms with Crippen molar-refractivity contribution in [2.75, 3.05) is 26.2 Å². The number of carbonyl (C=O) groups is 4. The summed E-state index contributed by atoms with van der Waals surface area (Å²) in [6, 6.07) is 10.0. The molecule has 4 amide bonds. The van der Waals surface area contributed by atoms with Gasteiger partial charge in [-0.15, -0.1) is 0 Å². The van der Waals surface area contributed by atoms with Crippen LogP contribution in [-0.4, -0.2) is 64.4 Å². The number of likely N-dealkylation sites (tertiary alicyclic amines) is 1. The summed E-state index contributed by atoms with van der Waals surface area (Å²) in [5.41, 5.74) is 1.07. The Labute approximate surface area is 305 Å². The Morgan fingerprint density at radius 3 is 2.21 bits per heavy atom. The molecule has 2 aliphatic carbocycles. The maximum Gasteiger partial charge on any atom is 0.417 e. The van der Waals surface area contributed by atoms with E-state index in [0.717, 1.165) is 0 Å². The van der Waals surface area contributed by atoms with Crippen LogP contribution in [0.3, 0.4) is 0 Å². The van der Waals surface area contributed by atoms with Crippen molar-refractivity contribution in [1.29, 1.82) is 0 Å². The van der Waals surface area contributed by atoms with Gasteiger partial charge in [-0.25, -0.2) is 4.98 Å². The number of halogens is 5. The summed E-state index contributed by atoms with van der Waals surface area (Å²) in [5.74, 6) is -7.32. The molecule has 3 heterocycles. The summed E-state index contributed by atoms with van der Waals surface area (Å²) < 4.78 is 51.3. The standard InChI is InChI=1S/C36H31Cl2F3N4O7/c1-4-44-31(47)21-10-9-20-22(27(21)33(44)49)14-23-32(48)45(43-30-24(38)13-18(15-42-30)36(39,40)41)34(50)35(23,17-5-7-19(37)8-6-17)28(20)16-11-25(51-2)29(46)26(12-16)52-3/h5-9,11-13,15,21-23,27-28,46H,4,10,14H2,1-3H3,(H,42,43)/t21-,22+,23-,27-,28-,35+/m0/s1. The molecule has 4 aliphatic rings. The molecule has 0 unspecified atom stereocenters. The van der Waals surface area contributed by atoms with E-state index in [4.69, 9.17) is 32.7 Å². The molecule has 7 rings (SSSR count). The number of anilines is 1. The first kappa shape index (κ1) is 35.6. The summed E-state index contributed by atoms with van der Waals surface area (Å²) >= 11 is 12.5. The highest BCUT2D eigenvalue weighted by atomic mass is 35.5. The third-order valence-corrected chi connectivity index (χ3v) is 11.3. The molecule has 2 N–H and O–H groups in total. The molecule has 1 saturated carbocycles. The number of nitrogens with one attached hydrogen (secondary N) is 1. The van der Waals surface area contributed by atoms with Gasteiger partial charge >= 0.3 is 6.18 Å². The highest BCUT2D eigenvalue weighted by Gasteiger charge is 2.70. The molecule has 3 aromatic rings. The number of alkyl halides is 3. The van der Waals surface area contributed by atoms with E-state index in [1.165, 1.54) is 31.3 Å². The smallest absolute Gasteiger partial charge is 0.417 e. The molecule has 3 fully saturated rings. The third-order valence-electron chi connectivity index (χ3n) is 10.8. The van der Waals surface area contributed by atoms with Crippen molar-refractivity contribution >= 4 is 52.6 Å². The van der Waals surface area contributed by atoms with E-state index in [-0.39, 0.29) is 54.3 Å². The SMILES string of the molecule is CCN1C(=O)[C@H]2[C@H](CC=C3[C@H]2C[C@H]2C(=O)N(Nc4ncc(C(F)(F)F)cc4Cl)C(=O)[C@@]2(c2ccc(Cl)cc2)[C@H]3c2cc(OC)c(O)c(OC)c2)C1=O. The van der Waals surface area contributed by atoms with E-state index < -0.39 is 63.6 Å². The van der Waals surface area contributed by atoms with Gasteiger partial charge in [-0.2, -0.15) is 18.2 Å². The van der Waals surface area contributed by atoms with Gasteiger partial charge in [-0.05, 0) is 67.1 Å². The number of hydrogen-bond acceptors (Lipinski definition) is 9. The molecular weight excluding hydrogens is 728 g/mol. The van der Waals surface area contributed by atoms with E-state index in [2.05, 4.69) is 10.4 Å². The zero-order chi connectivity index (χ0) is 37.4. The van der Waals surface area contributed by atoms with Gasteiger partial charge in [-0.1, -0.05) is 47.0 Å². The Bertz CT molecular complexity index is 2030. The predicted molar refractivity (Wildman–Crippen MR) is 180 cm³/mol. The molecular formula is C36H31Cl2F3N4O7. The molecule has 2 saturated heterocycles. The quantitative estimate of drug-likeness (QED) is 0.215. The number of ether oxygens (including phenoxy) is 2. The third kappa shape index (κ3) is 5.12. The van der Waals surface area contributed by atoms with Crippen LogP contribution in [0.15, 0.2) is 60.3 Å². The van der Waals surface area contributed by atoms with Crippen molar-refractivity contribution in [3.63, 3.8) is 0 Å². The van der Waals surface area contributed by atoms with E-state index >= 15 is 4.79 Å². The number of pyridine rings is 1. The molecule has 11 nitrogen and oxygen atoms in total. The van der Waals surface area contributed by atoms with Gasteiger partial charge < -0.3 is 14.6 Å². The maximum atomic E-state index is 15.3. The molecule has 52 heavy (non-hydrogen) atoms. The minimum atomic E-state index is -4.75. The van der Waals surface area contributed by atoms with Crippen molar-refractivity contribution in [3.8, 4) is 17.2 Å². The van der Waals surface area contributed by atoms with Crippen molar-refractivity contribution in [2.45, 2.75) is 37.3 Å². The summed E-state index contributed by atoms with van der Waals surface area (Å²) in [6.07, 6.45) is -2.22. The number of amides is 4. The normalized spacial score (nSPS) is 26.9. The zero-order valence-electron chi connectivity index (χ0n) is 27.8. The lowest BCUT2D eigenvalue weighted by atomic mass is 9.49. The fourth-order valence-corrected chi connectivity index (χ4v) is 8.95. The Balaban J connectivity index is 1.47. The molecule has 2 aromatic carbocycles. The van der Waals surface area contributed by atoms with Crippen LogP contribution >= 0.6 is 23.2 Å². The van der Waals surface area contributed by atoms with Crippen molar-refractivity contribution in [1.82, 2.24) is 14.9 Å². The minimum Gasteiger partial charge on any atom is -0.502 e. The summed E-state index contributed by atoms with van der Waals surface area (Å²) in [7, 11) is 2.67. The lowest BCUT2D eigenvalue weighted by Crippen LogP contribution is -2.53. The molecule has 6 atom stereocenters. The number of rotatable bonds is 7. The number of benzene rings is 2. The number of allylic oxidation sites excluding steroid dienone is 2. The number of phenols is 1. The van der Waals surface area contributed by atoms with E-state index in [9.17, 15) is 32.7 Å². The van der Waals surface area contributed by atoms with E-state index in [1.807, 2.05) is 6.08 Å². The Kier molecular flexibility index (Phi) is 8.68. The Morgan fingerprint density at radius 1 is 0.981 bits per heavy atom. The van der Waals surface area contributed by atoms with Crippen LogP contribution < -0.4 is 14.9 Å². The molecule has 16 heteroatoms. The van der Waals surface area contributed by atoms with E-state index in [0.29, 0.717) is 39.0 Å². The number of hydrazine groups is 1. The fraction of sp³-hybridized carbons (Fsp3) is 0.361. The average molecular weight is 760 g/mol. The number of imide groups is 2. The Morgan fingerprint density at radius 2 is 1.63 bits per heavy atom. The maximum absolute atomic E-state index is 15.3. The van der Waals surface area contributed by atoms with Gasteiger partial charge in [0.1, 0.15) is 0 Å². The average Bonchev–Trinajstić information content (AvgIpc) is 3.49. The second-order valence-electron chi connectivity index (χ2n) is 13.1. The number of aromatic hydroxyl groups is 1.